The highest BCUT2D eigenvalue weighted by Crippen LogP contribution is 2.31. The monoisotopic (exact) mass is 432 g/mol. The average Bonchev–Trinajstić information content (AvgIpc) is 3.28. The molecule has 0 amide bonds. The lowest BCUT2D eigenvalue weighted by Gasteiger charge is -2.29. The van der Waals surface area contributed by atoms with Crippen LogP contribution < -0.4 is 10.6 Å². The van der Waals surface area contributed by atoms with E-state index in [0.717, 1.165) is 41.1 Å². The number of nitrogens with zero attached hydrogens (tertiary/aromatic N) is 4. The zero-order valence-electron chi connectivity index (χ0n) is 17.9. The third kappa shape index (κ3) is 3.94. The topological polar surface area (TPSA) is 92.9 Å². The summed E-state index contributed by atoms with van der Waals surface area (Å²) in [6.45, 7) is 4.64. The summed E-state index contributed by atoms with van der Waals surface area (Å²) in [6, 6.07) is 10.8. The van der Waals surface area contributed by atoms with Crippen molar-refractivity contribution in [2.24, 2.45) is 5.73 Å². The van der Waals surface area contributed by atoms with Crippen LogP contribution in [0.4, 0.5) is 10.2 Å². The summed E-state index contributed by atoms with van der Waals surface area (Å²) >= 11 is 0. The van der Waals surface area contributed by atoms with Gasteiger partial charge >= 0.3 is 0 Å². The van der Waals surface area contributed by atoms with Gasteiger partial charge in [-0.15, -0.1) is 0 Å². The minimum absolute atomic E-state index is 0.355. The van der Waals surface area contributed by atoms with Gasteiger partial charge in [0.25, 0.3) is 0 Å². The van der Waals surface area contributed by atoms with Crippen LogP contribution in [0.2, 0.25) is 0 Å². The molecule has 0 bridgehead atoms. The number of fused-ring (bicyclic) bond motifs is 1. The number of anilines is 1. The number of H-pyrrole nitrogens is 1. The smallest absolute Gasteiger partial charge is 0.165 e. The Labute approximate surface area is 185 Å². The molecule has 164 valence electrons. The molecule has 5 rings (SSSR count). The van der Waals surface area contributed by atoms with Gasteiger partial charge in [-0.1, -0.05) is 6.07 Å². The molecule has 0 aliphatic carbocycles. The summed E-state index contributed by atoms with van der Waals surface area (Å²) in [7, 11) is 0. The van der Waals surface area contributed by atoms with Gasteiger partial charge in [0.15, 0.2) is 5.82 Å². The van der Waals surface area contributed by atoms with Crippen LogP contribution in [0.3, 0.4) is 0 Å². The van der Waals surface area contributed by atoms with Crippen molar-refractivity contribution in [1.82, 2.24) is 19.9 Å². The third-order valence-corrected chi connectivity index (χ3v) is 5.88. The van der Waals surface area contributed by atoms with Crippen molar-refractivity contribution in [3.63, 3.8) is 0 Å². The zero-order chi connectivity index (χ0) is 22.1. The van der Waals surface area contributed by atoms with Gasteiger partial charge in [-0.2, -0.15) is 0 Å². The molecular weight excluding hydrogens is 407 g/mol. The maximum absolute atomic E-state index is 15.0. The molecule has 1 aromatic carbocycles. The van der Waals surface area contributed by atoms with E-state index in [1.165, 1.54) is 6.07 Å². The van der Waals surface area contributed by atoms with E-state index in [9.17, 15) is 0 Å². The van der Waals surface area contributed by atoms with Gasteiger partial charge in [0, 0.05) is 66.3 Å². The zero-order valence-corrected chi connectivity index (χ0v) is 17.9. The molecule has 4 heterocycles. The predicted octanol–water partition coefficient (Wildman–Crippen LogP) is 3.41. The summed E-state index contributed by atoms with van der Waals surface area (Å²) < 4.78 is 20.5. The van der Waals surface area contributed by atoms with E-state index in [-0.39, 0.29) is 5.82 Å². The first-order valence-electron chi connectivity index (χ1n) is 10.7. The molecule has 0 saturated carbocycles. The van der Waals surface area contributed by atoms with E-state index in [1.807, 2.05) is 31.2 Å². The van der Waals surface area contributed by atoms with Crippen molar-refractivity contribution in [3.8, 4) is 11.4 Å². The van der Waals surface area contributed by atoms with E-state index in [4.69, 9.17) is 20.4 Å². The molecule has 1 fully saturated rings. The number of hydrogen-bond acceptors (Lipinski definition) is 6. The summed E-state index contributed by atoms with van der Waals surface area (Å²) in [5.74, 6) is 0.751. The first-order valence-corrected chi connectivity index (χ1v) is 10.7. The molecule has 8 heteroatoms. The minimum Gasteiger partial charge on any atom is -0.378 e. The van der Waals surface area contributed by atoms with Gasteiger partial charge in [-0.25, -0.2) is 14.4 Å². The highest BCUT2D eigenvalue weighted by molar-refractivity contribution is 5.93. The van der Waals surface area contributed by atoms with Crippen LogP contribution in [-0.2, 0) is 16.7 Å². The van der Waals surface area contributed by atoms with Crippen molar-refractivity contribution in [2.45, 2.75) is 18.9 Å². The Morgan fingerprint density at radius 3 is 2.81 bits per heavy atom. The van der Waals surface area contributed by atoms with Crippen molar-refractivity contribution < 1.29 is 9.13 Å². The molecule has 32 heavy (non-hydrogen) atoms. The number of aromatic nitrogens is 4. The lowest BCUT2D eigenvalue weighted by atomic mass is 9.89. The summed E-state index contributed by atoms with van der Waals surface area (Å²) in [6.07, 6.45) is 5.74. The van der Waals surface area contributed by atoms with Crippen LogP contribution in [0.5, 0.6) is 0 Å². The standard InChI is InChI=1S/C24H25FN6O/c1-24(26,16-3-2-7-27-15-16)14-17-13-21(31-9-11-32-12-10-31)30-23(29-17)22-18-6-8-28-20(18)5-4-19(22)25/h2-8,13,15,28H,9-12,14,26H2,1H3. The predicted molar refractivity (Wildman–Crippen MR) is 122 cm³/mol. The quantitative estimate of drug-likeness (QED) is 0.502. The molecule has 0 spiro atoms. The second-order valence-corrected chi connectivity index (χ2v) is 8.34. The SMILES string of the molecule is CC(N)(Cc1cc(N2CCOCC2)nc(-c2c(F)ccc3[nH]ccc23)n1)c1cccnc1. The number of rotatable bonds is 5. The van der Waals surface area contributed by atoms with Crippen molar-refractivity contribution in [3.05, 3.63) is 72.1 Å². The number of pyridine rings is 1. The fourth-order valence-electron chi connectivity index (χ4n) is 4.15. The highest BCUT2D eigenvalue weighted by atomic mass is 19.1. The van der Waals surface area contributed by atoms with Gasteiger partial charge in [0.2, 0.25) is 0 Å². The van der Waals surface area contributed by atoms with Gasteiger partial charge in [0.1, 0.15) is 11.6 Å². The maximum Gasteiger partial charge on any atom is 0.165 e. The summed E-state index contributed by atoms with van der Waals surface area (Å²) in [5.41, 5.74) is 8.87. The molecule has 1 aliphatic heterocycles. The molecular formula is C24H25FN6O. The molecule has 4 aromatic rings. The third-order valence-electron chi connectivity index (χ3n) is 5.88. The Kier molecular flexibility index (Phi) is 5.32. The van der Waals surface area contributed by atoms with Crippen LogP contribution in [0.25, 0.3) is 22.3 Å². The van der Waals surface area contributed by atoms with Crippen molar-refractivity contribution in [1.29, 1.82) is 0 Å². The molecule has 1 atom stereocenters. The molecule has 1 aliphatic rings. The lowest BCUT2D eigenvalue weighted by Crippen LogP contribution is -2.38. The van der Waals surface area contributed by atoms with Crippen LogP contribution in [0, 0.1) is 5.82 Å². The van der Waals surface area contributed by atoms with E-state index in [2.05, 4.69) is 14.9 Å². The Hall–Kier alpha value is -3.36. The number of morpholine rings is 1. The van der Waals surface area contributed by atoms with Gasteiger partial charge < -0.3 is 20.4 Å². The first kappa shape index (κ1) is 20.5. The number of nitrogens with one attached hydrogen (secondary N) is 1. The normalized spacial score (nSPS) is 16.3. The number of nitrogens with two attached hydrogens (primary N) is 1. The van der Waals surface area contributed by atoms with E-state index < -0.39 is 5.54 Å². The van der Waals surface area contributed by atoms with Crippen LogP contribution in [-0.4, -0.2) is 46.2 Å². The number of aromatic amines is 1. The van der Waals surface area contributed by atoms with Gasteiger partial charge in [-0.3, -0.25) is 4.98 Å². The van der Waals surface area contributed by atoms with Crippen LogP contribution >= 0.6 is 0 Å². The second kappa shape index (κ2) is 8.29. The molecule has 1 saturated heterocycles. The maximum atomic E-state index is 15.0. The highest BCUT2D eigenvalue weighted by Gasteiger charge is 2.25. The molecule has 7 nitrogen and oxygen atoms in total. The number of hydrogen-bond donors (Lipinski definition) is 2. The van der Waals surface area contributed by atoms with Gasteiger partial charge in [0.05, 0.1) is 18.8 Å². The van der Waals surface area contributed by atoms with E-state index in [0.29, 0.717) is 31.0 Å². The van der Waals surface area contributed by atoms with Crippen molar-refractivity contribution in [2.75, 3.05) is 31.2 Å². The number of ether oxygens (including phenoxy) is 1. The Bertz CT molecular complexity index is 1230. The van der Waals surface area contributed by atoms with Gasteiger partial charge in [-0.05, 0) is 36.8 Å². The molecule has 3 aromatic heterocycles. The molecule has 0 radical (unpaired) electrons. The first-order chi connectivity index (χ1) is 15.5. The molecule has 3 N–H and O–H groups in total. The molecule has 1 unspecified atom stereocenters. The van der Waals surface area contributed by atoms with E-state index >= 15 is 4.39 Å². The van der Waals surface area contributed by atoms with Crippen molar-refractivity contribution >= 4 is 16.7 Å². The number of benzene rings is 1. The Morgan fingerprint density at radius 2 is 2.03 bits per heavy atom. The Balaban J connectivity index is 1.62. The average molecular weight is 433 g/mol. The lowest BCUT2D eigenvalue weighted by molar-refractivity contribution is 0.122. The summed E-state index contributed by atoms with van der Waals surface area (Å²) in [5, 5.41) is 0.748. The fourth-order valence-corrected chi connectivity index (χ4v) is 4.15. The fraction of sp³-hybridized carbons (Fsp3) is 0.292. The van der Waals surface area contributed by atoms with E-state index in [1.54, 1.807) is 24.7 Å². The largest absolute Gasteiger partial charge is 0.378 e. The Morgan fingerprint density at radius 1 is 1.19 bits per heavy atom. The second-order valence-electron chi connectivity index (χ2n) is 8.34. The van der Waals surface area contributed by atoms with Crippen LogP contribution in [0.15, 0.2) is 55.0 Å². The summed E-state index contributed by atoms with van der Waals surface area (Å²) in [4.78, 5) is 19.0. The number of halogens is 1. The minimum atomic E-state index is -0.694. The van der Waals surface area contributed by atoms with Crippen LogP contribution in [0.1, 0.15) is 18.2 Å².